The van der Waals surface area contributed by atoms with E-state index in [1.165, 1.54) is 6.92 Å². The minimum atomic E-state index is -1.52. The van der Waals surface area contributed by atoms with Crippen molar-refractivity contribution in [2.75, 3.05) is 7.11 Å². The monoisotopic (exact) mass is 590 g/mol. The number of phenolic OH excluding ortho intramolecular Hbond substituents is 1. The Balaban J connectivity index is 1.67. The predicted octanol–water partition coefficient (Wildman–Crippen LogP) is 4.39. The molecule has 0 aliphatic carbocycles. The van der Waals surface area contributed by atoms with Gasteiger partial charge < -0.3 is 33.9 Å². The topological polar surface area (TPSA) is 138 Å². The third kappa shape index (κ3) is 6.51. The first kappa shape index (κ1) is 32.4. The van der Waals surface area contributed by atoms with E-state index in [9.17, 15) is 24.6 Å². The van der Waals surface area contributed by atoms with Gasteiger partial charge in [-0.05, 0) is 50.3 Å². The van der Waals surface area contributed by atoms with Crippen LogP contribution in [-0.2, 0) is 38.1 Å². The summed E-state index contributed by atoms with van der Waals surface area (Å²) in [5.74, 6) is -3.00. The Morgan fingerprint density at radius 3 is 2.40 bits per heavy atom. The summed E-state index contributed by atoms with van der Waals surface area (Å²) in [5, 5.41) is 20.2. The molecular weight excluding hydrogens is 544 g/mol. The Hall–Kier alpha value is -2.53. The van der Waals surface area contributed by atoms with Crippen molar-refractivity contribution in [2.24, 2.45) is 17.3 Å². The largest absolute Gasteiger partial charge is 0.508 e. The molecule has 1 spiro atoms. The Labute approximate surface area is 248 Å². The number of methoxy groups -OCH3 is 1. The number of carbonyl (C=O) groups is 3. The maximum atomic E-state index is 13.4. The van der Waals surface area contributed by atoms with Crippen molar-refractivity contribution in [2.45, 2.75) is 122 Å². The fourth-order valence-electron chi connectivity index (χ4n) is 6.64. The number of benzene rings is 1. The molecule has 42 heavy (non-hydrogen) atoms. The summed E-state index contributed by atoms with van der Waals surface area (Å²) in [6.45, 7) is 10.9. The van der Waals surface area contributed by atoms with Gasteiger partial charge in [0, 0.05) is 31.3 Å². The van der Waals surface area contributed by atoms with Crippen LogP contribution >= 0.6 is 0 Å². The minimum Gasteiger partial charge on any atom is -0.508 e. The summed E-state index contributed by atoms with van der Waals surface area (Å²) in [4.78, 5) is 39.5. The Bertz CT molecular complexity index is 1160. The van der Waals surface area contributed by atoms with Gasteiger partial charge in [-0.15, -0.1) is 0 Å². The van der Waals surface area contributed by atoms with Gasteiger partial charge >= 0.3 is 11.9 Å². The molecule has 3 aliphatic heterocycles. The van der Waals surface area contributed by atoms with Crippen molar-refractivity contribution in [1.82, 2.24) is 0 Å². The molecule has 0 aromatic heterocycles. The molecule has 3 saturated heterocycles. The number of aliphatic hydroxyl groups is 1. The number of phenols is 1. The van der Waals surface area contributed by atoms with Crippen LogP contribution in [0.5, 0.6) is 5.75 Å². The van der Waals surface area contributed by atoms with Crippen LogP contribution in [0.1, 0.15) is 91.7 Å². The SMILES string of the molecule is CO[C@@H](CC[C@H](C)[C@H]1O[C@@]23C[C@H](OC(=O)C[C@H]([C@@H](C)O)OC(=O)C[C@@](C)(O2)C(=O)CC3(C)C)[C@@H]1C)c1cccc(O)c1. The maximum Gasteiger partial charge on any atom is 0.309 e. The first-order chi connectivity index (χ1) is 19.6. The van der Waals surface area contributed by atoms with Crippen LogP contribution in [0.3, 0.4) is 0 Å². The Kier molecular flexibility index (Phi) is 9.43. The molecule has 0 radical (unpaired) electrons. The Morgan fingerprint density at radius 1 is 1.05 bits per heavy atom. The first-order valence-electron chi connectivity index (χ1n) is 14.9. The van der Waals surface area contributed by atoms with Crippen LogP contribution < -0.4 is 0 Å². The van der Waals surface area contributed by atoms with Crippen LogP contribution in [0, 0.1) is 17.3 Å². The van der Waals surface area contributed by atoms with Crippen molar-refractivity contribution in [1.29, 1.82) is 0 Å². The molecule has 3 heterocycles. The predicted molar refractivity (Wildman–Crippen MR) is 151 cm³/mol. The number of esters is 2. The molecule has 4 rings (SSSR count). The van der Waals surface area contributed by atoms with E-state index >= 15 is 0 Å². The average Bonchev–Trinajstić information content (AvgIpc) is 2.88. The average molecular weight is 591 g/mol. The molecule has 10 nitrogen and oxygen atoms in total. The summed E-state index contributed by atoms with van der Waals surface area (Å²) < 4.78 is 30.7. The van der Waals surface area contributed by atoms with Crippen molar-refractivity contribution < 1.29 is 48.3 Å². The lowest BCUT2D eigenvalue weighted by Crippen LogP contribution is -2.68. The molecule has 234 valence electrons. The van der Waals surface area contributed by atoms with Gasteiger partial charge in [-0.1, -0.05) is 39.8 Å². The van der Waals surface area contributed by atoms with E-state index in [0.29, 0.717) is 12.8 Å². The van der Waals surface area contributed by atoms with Crippen LogP contribution in [0.25, 0.3) is 0 Å². The van der Waals surface area contributed by atoms with E-state index in [1.807, 2.05) is 26.8 Å². The second-order valence-corrected chi connectivity index (χ2v) is 13.3. The second-order valence-electron chi connectivity index (χ2n) is 13.3. The van der Waals surface area contributed by atoms with Gasteiger partial charge in [-0.2, -0.15) is 0 Å². The number of aromatic hydroxyl groups is 1. The zero-order chi connectivity index (χ0) is 31.0. The first-order valence-corrected chi connectivity index (χ1v) is 14.9. The number of Topliss-reactive ketones (excluding diaryl/α,β-unsaturated/α-hetero) is 1. The summed E-state index contributed by atoms with van der Waals surface area (Å²) in [7, 11) is 1.63. The van der Waals surface area contributed by atoms with Crippen LogP contribution in [0.4, 0.5) is 0 Å². The van der Waals surface area contributed by atoms with Gasteiger partial charge in [0.05, 0.1) is 31.2 Å². The number of rotatable bonds is 7. The number of aliphatic hydroxyl groups excluding tert-OH is 1. The van der Waals surface area contributed by atoms with Crippen LogP contribution in [0.2, 0.25) is 0 Å². The van der Waals surface area contributed by atoms with Crippen molar-refractivity contribution in [3.8, 4) is 5.75 Å². The number of fused-ring (bicyclic) bond motifs is 2. The zero-order valence-corrected chi connectivity index (χ0v) is 25.8. The molecule has 1 aromatic rings. The molecule has 0 amide bonds. The van der Waals surface area contributed by atoms with Gasteiger partial charge in [0.2, 0.25) is 0 Å². The second kappa shape index (κ2) is 12.2. The number of ketones is 1. The molecule has 3 aliphatic rings. The number of carbonyl (C=O) groups excluding carboxylic acids is 3. The van der Waals surface area contributed by atoms with E-state index in [4.69, 9.17) is 23.7 Å². The van der Waals surface area contributed by atoms with Crippen LogP contribution in [0.15, 0.2) is 24.3 Å². The third-order valence-corrected chi connectivity index (χ3v) is 9.44. The normalized spacial score (nSPS) is 35.6. The molecule has 0 unspecified atom stereocenters. The molecule has 9 atom stereocenters. The number of hydrogen-bond acceptors (Lipinski definition) is 10. The smallest absolute Gasteiger partial charge is 0.309 e. The lowest BCUT2D eigenvalue weighted by molar-refractivity contribution is -0.390. The Morgan fingerprint density at radius 2 is 1.76 bits per heavy atom. The van der Waals surface area contributed by atoms with E-state index in [1.54, 1.807) is 32.2 Å². The van der Waals surface area contributed by atoms with Gasteiger partial charge in [0.15, 0.2) is 11.6 Å². The van der Waals surface area contributed by atoms with E-state index in [-0.39, 0.29) is 55.2 Å². The molecule has 2 N–H and O–H groups in total. The van der Waals surface area contributed by atoms with Gasteiger partial charge in [0.25, 0.3) is 0 Å². The lowest BCUT2D eigenvalue weighted by Gasteiger charge is -2.59. The van der Waals surface area contributed by atoms with E-state index < -0.39 is 53.2 Å². The lowest BCUT2D eigenvalue weighted by atomic mass is 9.67. The van der Waals surface area contributed by atoms with Gasteiger partial charge in [-0.25, -0.2) is 0 Å². The fourth-order valence-corrected chi connectivity index (χ4v) is 6.64. The highest BCUT2D eigenvalue weighted by molar-refractivity contribution is 5.92. The van der Waals surface area contributed by atoms with Crippen LogP contribution in [-0.4, -0.2) is 70.8 Å². The molecule has 1 aromatic carbocycles. The van der Waals surface area contributed by atoms with Gasteiger partial charge in [0.1, 0.15) is 23.6 Å². The number of cyclic esters (lactones) is 1. The van der Waals surface area contributed by atoms with Gasteiger partial charge in [-0.3, -0.25) is 14.4 Å². The highest BCUT2D eigenvalue weighted by atomic mass is 16.7. The highest BCUT2D eigenvalue weighted by Crippen LogP contribution is 2.55. The quantitative estimate of drug-likeness (QED) is 0.440. The van der Waals surface area contributed by atoms with Crippen molar-refractivity contribution in [3.05, 3.63) is 29.8 Å². The highest BCUT2D eigenvalue weighted by Gasteiger charge is 2.64. The molecule has 0 saturated carbocycles. The number of ether oxygens (including phenoxy) is 5. The fraction of sp³-hybridized carbons (Fsp3) is 0.719. The summed E-state index contributed by atoms with van der Waals surface area (Å²) in [6.07, 6.45) is -2.55. The minimum absolute atomic E-state index is 0.0419. The summed E-state index contributed by atoms with van der Waals surface area (Å²) in [5.41, 5.74) is -1.45. The molecule has 3 bridgehead atoms. The molecule has 3 fully saturated rings. The zero-order valence-electron chi connectivity index (χ0n) is 25.8. The molecular formula is C32H46O10. The van der Waals surface area contributed by atoms with Crippen molar-refractivity contribution in [3.63, 3.8) is 0 Å². The van der Waals surface area contributed by atoms with E-state index in [2.05, 4.69) is 6.92 Å². The van der Waals surface area contributed by atoms with E-state index in [0.717, 1.165) is 5.56 Å². The summed E-state index contributed by atoms with van der Waals surface area (Å²) in [6, 6.07) is 7.00. The number of hydrogen-bond donors (Lipinski definition) is 2. The maximum absolute atomic E-state index is 13.4. The molecule has 10 heteroatoms. The standard InChI is InChI=1S/C32H46O10/c1-18(11-12-23(38-7)21-9-8-10-22(34)13-21)29-19(2)25-15-32(41-29)30(4,5)16-26(35)31(6,42-32)17-28(37)39-24(20(3)33)14-27(36)40-25/h8-10,13,18-20,23-25,29,33-34H,11-12,14-17H2,1-7H3/t18-,19-,20+,23-,24+,25-,29+,31+,32-/m0/s1. The third-order valence-electron chi connectivity index (χ3n) is 9.44. The van der Waals surface area contributed by atoms with Crippen molar-refractivity contribution >= 4 is 17.7 Å². The summed E-state index contributed by atoms with van der Waals surface area (Å²) >= 11 is 0.